The number of nitrogens with zero attached hydrogens (tertiary/aromatic N) is 1. The lowest BCUT2D eigenvalue weighted by molar-refractivity contribution is -0.137. The number of anilines is 1. The molecule has 0 heterocycles. The van der Waals surface area contributed by atoms with Gasteiger partial charge in [0.2, 0.25) is 0 Å². The average Bonchev–Trinajstić information content (AvgIpc) is 2.38. The number of aryl methyl sites for hydroxylation is 2. The molecule has 0 unspecified atom stereocenters. The van der Waals surface area contributed by atoms with Crippen molar-refractivity contribution < 1.29 is 14.7 Å². The fraction of sp³-hybridized carbons (Fsp3) is 0.500. The molecule has 0 aliphatic rings. The first-order chi connectivity index (χ1) is 9.81. The van der Waals surface area contributed by atoms with Crippen LogP contribution < -0.4 is 5.32 Å². The quantitative estimate of drug-likeness (QED) is 0.844. The summed E-state index contributed by atoms with van der Waals surface area (Å²) in [7, 11) is 0. The van der Waals surface area contributed by atoms with Crippen LogP contribution in [-0.4, -0.2) is 34.6 Å². The van der Waals surface area contributed by atoms with E-state index in [1.165, 1.54) is 5.56 Å². The lowest BCUT2D eigenvalue weighted by Crippen LogP contribution is -2.40. The fourth-order valence-corrected chi connectivity index (χ4v) is 2.01. The Morgan fingerprint density at radius 1 is 1.24 bits per heavy atom. The number of amides is 2. The zero-order chi connectivity index (χ0) is 16.0. The van der Waals surface area contributed by atoms with Gasteiger partial charge in [-0.05, 0) is 57.4 Å². The molecule has 0 bridgehead atoms. The minimum Gasteiger partial charge on any atom is -0.481 e. The maximum atomic E-state index is 12.3. The highest BCUT2D eigenvalue weighted by atomic mass is 16.4. The van der Waals surface area contributed by atoms with E-state index in [0.717, 1.165) is 11.3 Å². The summed E-state index contributed by atoms with van der Waals surface area (Å²) in [5, 5.41) is 11.5. The van der Waals surface area contributed by atoms with Gasteiger partial charge in [-0.25, -0.2) is 4.79 Å². The summed E-state index contributed by atoms with van der Waals surface area (Å²) in [6, 6.07) is 5.60. The molecule has 116 valence electrons. The van der Waals surface area contributed by atoms with Gasteiger partial charge in [0.1, 0.15) is 0 Å². The third-order valence-corrected chi connectivity index (χ3v) is 3.43. The number of hydrogen-bond donors (Lipinski definition) is 2. The SMILES string of the molecule is Cc1ccc(NC(=O)N(CCCC(=O)O)C(C)C)cc1C. The highest BCUT2D eigenvalue weighted by Crippen LogP contribution is 2.15. The Bertz CT molecular complexity index is 512. The molecule has 2 N–H and O–H groups in total. The number of aliphatic carboxylic acids is 1. The summed E-state index contributed by atoms with van der Waals surface area (Å²) in [6.45, 7) is 8.29. The van der Waals surface area contributed by atoms with Gasteiger partial charge in [-0.3, -0.25) is 4.79 Å². The molecular weight excluding hydrogens is 268 g/mol. The predicted octanol–water partition coefficient (Wildman–Crippen LogP) is 3.41. The normalized spacial score (nSPS) is 10.5. The topological polar surface area (TPSA) is 69.6 Å². The van der Waals surface area contributed by atoms with E-state index in [1.54, 1.807) is 4.90 Å². The van der Waals surface area contributed by atoms with Gasteiger partial charge in [0.15, 0.2) is 0 Å². The van der Waals surface area contributed by atoms with Crippen molar-refractivity contribution in [1.82, 2.24) is 4.90 Å². The van der Waals surface area contributed by atoms with E-state index in [-0.39, 0.29) is 18.5 Å². The van der Waals surface area contributed by atoms with Gasteiger partial charge in [-0.2, -0.15) is 0 Å². The van der Waals surface area contributed by atoms with E-state index in [1.807, 2.05) is 45.9 Å². The molecule has 1 aromatic rings. The molecule has 0 spiro atoms. The summed E-state index contributed by atoms with van der Waals surface area (Å²) in [5.74, 6) is -0.840. The van der Waals surface area contributed by atoms with Crippen molar-refractivity contribution in [2.24, 2.45) is 0 Å². The molecule has 0 saturated heterocycles. The number of urea groups is 1. The molecule has 5 nitrogen and oxygen atoms in total. The minimum absolute atomic E-state index is 0.0188. The predicted molar refractivity (Wildman–Crippen MR) is 83.6 cm³/mol. The van der Waals surface area contributed by atoms with Crippen molar-refractivity contribution in [1.29, 1.82) is 0 Å². The first kappa shape index (κ1) is 17.0. The molecule has 0 atom stereocenters. The maximum absolute atomic E-state index is 12.3. The van der Waals surface area contributed by atoms with Crippen LogP contribution in [0.1, 0.15) is 37.8 Å². The maximum Gasteiger partial charge on any atom is 0.322 e. The number of carbonyl (C=O) groups is 2. The van der Waals surface area contributed by atoms with Crippen LogP contribution in [-0.2, 0) is 4.79 Å². The molecule has 0 radical (unpaired) electrons. The van der Waals surface area contributed by atoms with Gasteiger partial charge in [-0.15, -0.1) is 0 Å². The molecule has 0 saturated carbocycles. The van der Waals surface area contributed by atoms with Crippen LogP contribution in [0.25, 0.3) is 0 Å². The van der Waals surface area contributed by atoms with Gasteiger partial charge < -0.3 is 15.3 Å². The molecule has 1 aromatic carbocycles. The number of hydrogen-bond acceptors (Lipinski definition) is 2. The molecule has 1 rings (SSSR count). The Morgan fingerprint density at radius 3 is 2.43 bits per heavy atom. The van der Waals surface area contributed by atoms with E-state index in [4.69, 9.17) is 5.11 Å². The molecule has 0 aromatic heterocycles. The third-order valence-electron chi connectivity index (χ3n) is 3.43. The van der Waals surface area contributed by atoms with E-state index in [9.17, 15) is 9.59 Å². The van der Waals surface area contributed by atoms with Gasteiger partial charge in [0, 0.05) is 24.7 Å². The highest BCUT2D eigenvalue weighted by molar-refractivity contribution is 5.89. The summed E-state index contributed by atoms with van der Waals surface area (Å²) in [5.41, 5.74) is 3.05. The Morgan fingerprint density at radius 2 is 1.90 bits per heavy atom. The van der Waals surface area contributed by atoms with E-state index >= 15 is 0 Å². The number of nitrogens with one attached hydrogen (secondary N) is 1. The second-order valence-corrected chi connectivity index (χ2v) is 5.51. The van der Waals surface area contributed by atoms with Crippen molar-refractivity contribution in [3.63, 3.8) is 0 Å². The van der Waals surface area contributed by atoms with E-state index in [2.05, 4.69) is 5.32 Å². The Kier molecular flexibility index (Phi) is 6.21. The smallest absolute Gasteiger partial charge is 0.322 e. The second-order valence-electron chi connectivity index (χ2n) is 5.51. The number of carboxylic acid groups (broad SMARTS) is 1. The van der Waals surface area contributed by atoms with Crippen LogP contribution >= 0.6 is 0 Å². The molecule has 21 heavy (non-hydrogen) atoms. The largest absolute Gasteiger partial charge is 0.481 e. The van der Waals surface area contributed by atoms with Crippen LogP contribution in [0.15, 0.2) is 18.2 Å². The monoisotopic (exact) mass is 292 g/mol. The first-order valence-electron chi connectivity index (χ1n) is 7.18. The summed E-state index contributed by atoms with van der Waals surface area (Å²) in [4.78, 5) is 24.5. The number of rotatable bonds is 6. The van der Waals surface area contributed by atoms with Crippen molar-refractivity contribution in [2.75, 3.05) is 11.9 Å². The Labute approximate surface area is 126 Å². The highest BCUT2D eigenvalue weighted by Gasteiger charge is 2.17. The van der Waals surface area contributed by atoms with Gasteiger partial charge in [-0.1, -0.05) is 6.07 Å². The summed E-state index contributed by atoms with van der Waals surface area (Å²) in [6.07, 6.45) is 0.522. The average molecular weight is 292 g/mol. The summed E-state index contributed by atoms with van der Waals surface area (Å²) < 4.78 is 0. The van der Waals surface area contributed by atoms with Crippen LogP contribution in [0.3, 0.4) is 0 Å². The van der Waals surface area contributed by atoms with Gasteiger partial charge in [0.05, 0.1) is 0 Å². The second kappa shape index (κ2) is 7.67. The molecule has 0 aliphatic carbocycles. The number of benzene rings is 1. The van der Waals surface area contributed by atoms with Crippen molar-refractivity contribution >= 4 is 17.7 Å². The third kappa shape index (κ3) is 5.45. The van der Waals surface area contributed by atoms with Crippen LogP contribution in [0.5, 0.6) is 0 Å². The number of carboxylic acids is 1. The van der Waals surface area contributed by atoms with Gasteiger partial charge >= 0.3 is 12.0 Å². The van der Waals surface area contributed by atoms with E-state index in [0.29, 0.717) is 13.0 Å². The lowest BCUT2D eigenvalue weighted by Gasteiger charge is -2.27. The molecule has 0 fully saturated rings. The lowest BCUT2D eigenvalue weighted by atomic mass is 10.1. The molecule has 2 amide bonds. The summed E-state index contributed by atoms with van der Waals surface area (Å²) >= 11 is 0. The zero-order valence-electron chi connectivity index (χ0n) is 13.1. The Hall–Kier alpha value is -2.04. The standard InChI is InChI=1S/C16H24N2O3/c1-11(2)18(9-5-6-15(19)20)16(21)17-14-8-7-12(3)13(4)10-14/h7-8,10-11H,5-6,9H2,1-4H3,(H,17,21)(H,19,20). The molecule has 5 heteroatoms. The molecular formula is C16H24N2O3. The minimum atomic E-state index is -0.840. The van der Waals surface area contributed by atoms with Crippen LogP contribution in [0.4, 0.5) is 10.5 Å². The van der Waals surface area contributed by atoms with E-state index < -0.39 is 5.97 Å². The van der Waals surface area contributed by atoms with Crippen molar-refractivity contribution in [3.05, 3.63) is 29.3 Å². The first-order valence-corrected chi connectivity index (χ1v) is 7.18. The van der Waals surface area contributed by atoms with Crippen LogP contribution in [0.2, 0.25) is 0 Å². The Balaban J connectivity index is 2.67. The number of carbonyl (C=O) groups excluding carboxylic acids is 1. The van der Waals surface area contributed by atoms with Crippen molar-refractivity contribution in [3.8, 4) is 0 Å². The molecule has 0 aliphatic heterocycles. The van der Waals surface area contributed by atoms with Crippen molar-refractivity contribution in [2.45, 2.75) is 46.6 Å². The van der Waals surface area contributed by atoms with Gasteiger partial charge in [0.25, 0.3) is 0 Å². The zero-order valence-corrected chi connectivity index (χ0v) is 13.1. The fourth-order valence-electron chi connectivity index (χ4n) is 2.01. The van der Waals surface area contributed by atoms with Crippen LogP contribution in [0, 0.1) is 13.8 Å².